The van der Waals surface area contributed by atoms with Crippen LogP contribution in [0.3, 0.4) is 0 Å². The van der Waals surface area contributed by atoms with E-state index in [-0.39, 0.29) is 5.12 Å². The van der Waals surface area contributed by atoms with Gasteiger partial charge in [-0.15, -0.1) is 0 Å². The largest absolute Gasteiger partial charge is 0.493 e. The lowest BCUT2D eigenvalue weighted by atomic mass is 10.2. The Balaban J connectivity index is 1.92. The minimum atomic E-state index is -0.0656. The van der Waals surface area contributed by atoms with E-state index in [1.807, 2.05) is 30.3 Å². The number of fused-ring (bicyclic) bond motifs is 1. The van der Waals surface area contributed by atoms with Crippen LogP contribution in [0.2, 0.25) is 0 Å². The van der Waals surface area contributed by atoms with Crippen LogP contribution in [-0.2, 0) is 0 Å². The quantitative estimate of drug-likeness (QED) is 0.673. The summed E-state index contributed by atoms with van der Waals surface area (Å²) in [5.74, 6) is 1.14. The highest BCUT2D eigenvalue weighted by molar-refractivity contribution is 8.14. The Bertz CT molecular complexity index is 859. The Hall–Kier alpha value is -2.53. The smallest absolute Gasteiger partial charge is 0.224 e. The number of thioether (sulfide) groups is 1. The van der Waals surface area contributed by atoms with E-state index in [4.69, 9.17) is 9.47 Å². The first-order valence-corrected chi connectivity index (χ1v) is 7.82. The molecule has 0 radical (unpaired) electrons. The fourth-order valence-corrected chi connectivity index (χ4v) is 3.14. The second-order valence-electron chi connectivity index (χ2n) is 4.79. The van der Waals surface area contributed by atoms with E-state index >= 15 is 0 Å². The monoisotopic (exact) mass is 325 g/mol. The molecule has 0 unspecified atom stereocenters. The molecule has 0 aliphatic carbocycles. The lowest BCUT2D eigenvalue weighted by Crippen LogP contribution is -1.97. The minimum absolute atomic E-state index is 0.0656. The third-order valence-corrected chi connectivity index (χ3v) is 4.39. The zero-order chi connectivity index (χ0) is 16.2. The predicted molar refractivity (Wildman–Crippen MR) is 91.5 cm³/mol. The van der Waals surface area contributed by atoms with E-state index in [9.17, 15) is 4.79 Å². The highest BCUT2D eigenvalue weighted by atomic mass is 32.2. The van der Waals surface area contributed by atoms with Gasteiger partial charge in [0.2, 0.25) is 5.12 Å². The molecule has 23 heavy (non-hydrogen) atoms. The van der Waals surface area contributed by atoms with E-state index in [1.165, 1.54) is 0 Å². The SMILES string of the molecule is COc1ccc(C(=O)Sc2cccc3cccnc23)cc1OC. The zero-order valence-electron chi connectivity index (χ0n) is 12.8. The lowest BCUT2D eigenvalue weighted by molar-refractivity contribution is 0.108. The van der Waals surface area contributed by atoms with E-state index < -0.39 is 0 Å². The van der Waals surface area contributed by atoms with Crippen molar-refractivity contribution in [1.82, 2.24) is 4.98 Å². The van der Waals surface area contributed by atoms with E-state index in [1.54, 1.807) is 38.6 Å². The first kappa shape index (κ1) is 15.4. The summed E-state index contributed by atoms with van der Waals surface area (Å²) in [4.78, 5) is 17.8. The summed E-state index contributed by atoms with van der Waals surface area (Å²) in [5.41, 5.74) is 1.38. The second-order valence-corrected chi connectivity index (χ2v) is 5.81. The maximum absolute atomic E-state index is 12.6. The molecule has 3 rings (SSSR count). The van der Waals surface area contributed by atoms with Crippen molar-refractivity contribution in [2.75, 3.05) is 14.2 Å². The van der Waals surface area contributed by atoms with Crippen LogP contribution in [0.1, 0.15) is 10.4 Å². The number of rotatable bonds is 4. The fraction of sp³-hybridized carbons (Fsp3) is 0.111. The third-order valence-electron chi connectivity index (χ3n) is 3.42. The summed E-state index contributed by atoms with van der Waals surface area (Å²) in [5, 5.41) is 0.946. The number of carbonyl (C=O) groups is 1. The van der Waals surface area contributed by atoms with E-state index in [0.29, 0.717) is 17.1 Å². The van der Waals surface area contributed by atoms with Gasteiger partial charge in [-0.3, -0.25) is 9.78 Å². The van der Waals surface area contributed by atoms with Crippen molar-refractivity contribution in [3.05, 3.63) is 60.3 Å². The Labute approximate surface area is 138 Å². The highest BCUT2D eigenvalue weighted by Gasteiger charge is 2.14. The molecule has 2 aromatic carbocycles. The summed E-state index contributed by atoms with van der Waals surface area (Å²) in [6.45, 7) is 0. The molecule has 3 aromatic rings. The molecule has 0 atom stereocenters. The molecule has 0 aliphatic rings. The third kappa shape index (κ3) is 3.14. The first-order chi connectivity index (χ1) is 11.2. The van der Waals surface area contributed by atoms with Crippen LogP contribution in [0.15, 0.2) is 59.6 Å². The summed E-state index contributed by atoms with van der Waals surface area (Å²) >= 11 is 1.16. The summed E-state index contributed by atoms with van der Waals surface area (Å²) in [7, 11) is 3.11. The lowest BCUT2D eigenvalue weighted by Gasteiger charge is -2.09. The maximum atomic E-state index is 12.6. The molecule has 1 aromatic heterocycles. The first-order valence-electron chi connectivity index (χ1n) is 7.01. The maximum Gasteiger partial charge on any atom is 0.224 e. The van der Waals surface area contributed by atoms with Crippen LogP contribution in [0, 0.1) is 0 Å². The van der Waals surface area contributed by atoms with Crippen LogP contribution in [0.25, 0.3) is 10.9 Å². The van der Waals surface area contributed by atoms with Crippen molar-refractivity contribution in [1.29, 1.82) is 0 Å². The molecule has 0 amide bonds. The van der Waals surface area contributed by atoms with Gasteiger partial charge in [0, 0.05) is 22.0 Å². The zero-order valence-corrected chi connectivity index (χ0v) is 13.6. The van der Waals surface area contributed by atoms with Crippen molar-refractivity contribution in [3.63, 3.8) is 0 Å². The normalized spacial score (nSPS) is 10.5. The predicted octanol–water partition coefficient (Wildman–Crippen LogP) is 4.18. The van der Waals surface area contributed by atoms with Crippen LogP contribution >= 0.6 is 11.8 Å². The fourth-order valence-electron chi connectivity index (χ4n) is 2.28. The Morgan fingerprint density at radius 2 is 1.78 bits per heavy atom. The number of ether oxygens (including phenoxy) is 2. The molecule has 0 saturated carbocycles. The molecule has 4 nitrogen and oxygen atoms in total. The average molecular weight is 325 g/mol. The van der Waals surface area contributed by atoms with Gasteiger partial charge in [-0.25, -0.2) is 0 Å². The highest BCUT2D eigenvalue weighted by Crippen LogP contribution is 2.32. The number of hydrogen-bond acceptors (Lipinski definition) is 5. The second kappa shape index (κ2) is 6.71. The van der Waals surface area contributed by atoms with Gasteiger partial charge in [-0.05, 0) is 42.1 Å². The molecule has 1 heterocycles. The number of benzene rings is 2. The number of carbonyl (C=O) groups excluding carboxylic acids is 1. The number of pyridine rings is 1. The van der Waals surface area contributed by atoms with Crippen molar-refractivity contribution < 1.29 is 14.3 Å². The van der Waals surface area contributed by atoms with Gasteiger partial charge in [-0.2, -0.15) is 0 Å². The molecule has 0 aliphatic heterocycles. The van der Waals surface area contributed by atoms with Crippen molar-refractivity contribution in [2.45, 2.75) is 4.90 Å². The summed E-state index contributed by atoms with van der Waals surface area (Å²) < 4.78 is 10.4. The van der Waals surface area contributed by atoms with Gasteiger partial charge in [0.15, 0.2) is 11.5 Å². The number of aromatic nitrogens is 1. The molecule has 0 saturated heterocycles. The number of nitrogens with zero attached hydrogens (tertiary/aromatic N) is 1. The number of para-hydroxylation sites is 1. The van der Waals surface area contributed by atoms with Gasteiger partial charge in [0.1, 0.15) is 0 Å². The Morgan fingerprint density at radius 3 is 2.57 bits per heavy atom. The summed E-state index contributed by atoms with van der Waals surface area (Å²) in [6, 6.07) is 14.8. The van der Waals surface area contributed by atoms with E-state index in [2.05, 4.69) is 4.98 Å². The van der Waals surface area contributed by atoms with Gasteiger partial charge >= 0.3 is 0 Å². The topological polar surface area (TPSA) is 48.4 Å². The number of hydrogen-bond donors (Lipinski definition) is 0. The van der Waals surface area contributed by atoms with Gasteiger partial charge < -0.3 is 9.47 Å². The molecule has 116 valence electrons. The van der Waals surface area contributed by atoms with Crippen molar-refractivity contribution in [3.8, 4) is 11.5 Å². The molecule has 0 spiro atoms. The van der Waals surface area contributed by atoms with Crippen LogP contribution < -0.4 is 9.47 Å². The molecule has 5 heteroatoms. The molecular formula is C18H15NO3S. The molecule has 0 bridgehead atoms. The van der Waals surface area contributed by atoms with Gasteiger partial charge in [0.25, 0.3) is 0 Å². The summed E-state index contributed by atoms with van der Waals surface area (Å²) in [6.07, 6.45) is 1.73. The minimum Gasteiger partial charge on any atom is -0.493 e. The van der Waals surface area contributed by atoms with Gasteiger partial charge in [-0.1, -0.05) is 18.2 Å². The average Bonchev–Trinajstić information content (AvgIpc) is 2.61. The van der Waals surface area contributed by atoms with Gasteiger partial charge in [0.05, 0.1) is 19.7 Å². The Morgan fingerprint density at radius 1 is 1.00 bits per heavy atom. The Kier molecular flexibility index (Phi) is 4.48. The van der Waals surface area contributed by atoms with Crippen molar-refractivity contribution >= 4 is 27.8 Å². The van der Waals surface area contributed by atoms with E-state index in [0.717, 1.165) is 27.6 Å². The number of methoxy groups -OCH3 is 2. The standard InChI is InChI=1S/C18H15NO3S/c1-21-14-9-8-13(11-15(14)22-2)18(20)23-16-7-3-5-12-6-4-10-19-17(12)16/h3-11H,1-2H3. The van der Waals surface area contributed by atoms with Crippen LogP contribution in [0.4, 0.5) is 0 Å². The molecule has 0 N–H and O–H groups in total. The van der Waals surface area contributed by atoms with Crippen molar-refractivity contribution in [2.24, 2.45) is 0 Å². The van der Waals surface area contributed by atoms with Crippen LogP contribution in [0.5, 0.6) is 11.5 Å². The molecular weight excluding hydrogens is 310 g/mol. The van der Waals surface area contributed by atoms with Crippen LogP contribution in [-0.4, -0.2) is 24.3 Å². The molecule has 0 fully saturated rings.